The summed E-state index contributed by atoms with van der Waals surface area (Å²) in [7, 11) is 0. The summed E-state index contributed by atoms with van der Waals surface area (Å²) in [6.45, 7) is 0.944. The Morgan fingerprint density at radius 1 is 0.536 bits per heavy atom. The molecule has 0 aromatic heterocycles. The molecule has 22 nitrogen and oxygen atoms in total. The molecule has 12 N–H and O–H groups in total. The first kappa shape index (κ1) is 63.7. The van der Waals surface area contributed by atoms with Crippen LogP contribution in [0.25, 0.3) is 35.2 Å². The van der Waals surface area contributed by atoms with E-state index < -0.39 is 20.3 Å². The van der Waals surface area contributed by atoms with Crippen LogP contribution in [0.2, 0.25) is 0 Å². The maximum absolute atomic E-state index is 8.36. The van der Waals surface area contributed by atoms with E-state index in [2.05, 4.69) is 0 Å². The molecule has 0 spiro atoms. The van der Waals surface area contributed by atoms with Gasteiger partial charge in [-0.1, -0.05) is 0 Å². The minimum absolute atomic E-state index is 0. The van der Waals surface area contributed by atoms with Crippen molar-refractivity contribution in [2.24, 2.45) is 0 Å². The molecule has 0 saturated heterocycles. The Labute approximate surface area is 177 Å². The zero-order chi connectivity index (χ0) is 21.1. The first-order valence-electron chi connectivity index (χ1n) is 4.67. The Balaban J connectivity index is -0.0000000169. The maximum atomic E-state index is 8.36. The zero-order valence-corrected chi connectivity index (χ0v) is 15.3. The first-order valence-corrected chi connectivity index (χ1v) is 4.67. The molecule has 0 unspecified atom stereocenters. The summed E-state index contributed by atoms with van der Waals surface area (Å²) in [4.78, 5) is 33.4. The largest absolute Gasteiger partial charge is 2.00 e. The molecular weight excluding hydrogens is 507 g/mol. The van der Waals surface area contributed by atoms with Crippen molar-refractivity contribution < 1.29 is 75.3 Å². The van der Waals surface area contributed by atoms with Crippen molar-refractivity contribution >= 4 is 0 Å². The maximum Gasteiger partial charge on any atom is 2.00 e. The summed E-state index contributed by atoms with van der Waals surface area (Å²) in [6, 6.07) is 0. The molecule has 0 aromatic rings. The Bertz CT molecular complexity index is 230. The zero-order valence-electron chi connectivity index (χ0n) is 13.4. The SMILES string of the molecule is O=[N+]([O-])O.O=[N+]([O-])O.O=[N+]([O-])O.O=[N+]([O-])O.[Cu+2].[Cu].[NH-]CC[NH-].[NH-]CC[NH-].[NH2-].[NH2-]. The van der Waals surface area contributed by atoms with Crippen LogP contribution in [0.5, 0.6) is 0 Å². The van der Waals surface area contributed by atoms with E-state index in [1.165, 1.54) is 0 Å². The van der Waals surface area contributed by atoms with E-state index in [1.807, 2.05) is 0 Å². The van der Waals surface area contributed by atoms with Crippen LogP contribution < -0.4 is 0 Å². The van der Waals surface area contributed by atoms with Crippen LogP contribution in [-0.2, 0) is 34.1 Å². The summed E-state index contributed by atoms with van der Waals surface area (Å²) in [5.74, 6) is 0. The van der Waals surface area contributed by atoms with Gasteiger partial charge in [-0.2, -0.15) is 26.2 Å². The number of hydrogen-bond acceptors (Lipinski definition) is 8. The summed E-state index contributed by atoms with van der Waals surface area (Å²) in [5.41, 5.74) is 25.1. The van der Waals surface area contributed by atoms with Gasteiger partial charge in [-0.15, -0.1) is 40.5 Å². The Morgan fingerprint density at radius 2 is 0.571 bits per heavy atom. The molecule has 0 aromatic carbocycles. The molecule has 0 heterocycles. The number of nitrogens with one attached hydrogen (secondary N) is 4. The second-order valence-corrected chi connectivity index (χ2v) is 1.95. The van der Waals surface area contributed by atoms with Gasteiger partial charge in [0.1, 0.15) is 0 Å². The topological polar surface area (TPSA) is 416 Å². The van der Waals surface area contributed by atoms with Crippen molar-refractivity contribution in [1.29, 1.82) is 0 Å². The van der Waals surface area contributed by atoms with Gasteiger partial charge in [0.15, 0.2) is 0 Å². The van der Waals surface area contributed by atoms with Gasteiger partial charge < -0.3 is 56.1 Å². The summed E-state index contributed by atoms with van der Waals surface area (Å²) in [5, 5.41) is 54.6. The number of nitrogens with zero attached hydrogens (tertiary/aromatic N) is 4. The molecule has 0 aliphatic rings. The Hall–Kier alpha value is -2.40. The van der Waals surface area contributed by atoms with Crippen LogP contribution in [0.1, 0.15) is 0 Å². The van der Waals surface area contributed by atoms with E-state index in [0.29, 0.717) is 0 Å². The van der Waals surface area contributed by atoms with Gasteiger partial charge in [-0.05, 0) is 0 Å². The van der Waals surface area contributed by atoms with Gasteiger partial charge in [0, 0.05) is 17.1 Å². The molecule has 24 heteroatoms. The number of rotatable bonds is 2. The van der Waals surface area contributed by atoms with Crippen LogP contribution in [0.15, 0.2) is 0 Å². The summed E-state index contributed by atoms with van der Waals surface area (Å²) < 4.78 is 0. The third kappa shape index (κ3) is 74900. The fourth-order valence-electron chi connectivity index (χ4n) is 0. The van der Waals surface area contributed by atoms with Gasteiger partial charge >= 0.3 is 17.1 Å². The van der Waals surface area contributed by atoms with Crippen LogP contribution in [-0.4, -0.2) is 67.4 Å². The van der Waals surface area contributed by atoms with Gasteiger partial charge in [0.05, 0.1) is 0 Å². The molecule has 0 saturated carbocycles. The Kier molecular flexibility index (Phi) is 168. The molecule has 184 valence electrons. The Morgan fingerprint density at radius 3 is 0.571 bits per heavy atom. The molecule has 0 bridgehead atoms. The van der Waals surface area contributed by atoms with Gasteiger partial charge in [0.25, 0.3) is 20.3 Å². The summed E-state index contributed by atoms with van der Waals surface area (Å²) in [6.07, 6.45) is 0. The van der Waals surface area contributed by atoms with Crippen molar-refractivity contribution in [1.82, 2.24) is 0 Å². The molecule has 0 aliphatic heterocycles. The second-order valence-electron chi connectivity index (χ2n) is 1.95. The van der Waals surface area contributed by atoms with E-state index in [1.54, 1.807) is 0 Å². The average molecular weight is 527 g/mol. The van der Waals surface area contributed by atoms with Crippen molar-refractivity contribution in [2.45, 2.75) is 0 Å². The van der Waals surface area contributed by atoms with Crippen molar-refractivity contribution in [2.75, 3.05) is 26.2 Å². The van der Waals surface area contributed by atoms with Gasteiger partial charge in [-0.3, -0.25) is 0 Å². The normalized spacial score (nSPS) is 5.57. The fraction of sp³-hybridized carbons (Fsp3) is 1.00. The van der Waals surface area contributed by atoms with Crippen molar-refractivity contribution in [3.8, 4) is 0 Å². The smallest absolute Gasteiger partial charge is 0.693 e. The standard InChI is InChI=1S/2C2H6N2.2Cu.4HNO3.2H2N/c2*3-1-2-4;;;4*2-1(3)4;;/h2*3-4H,1-2H2;;;4*(H,2,3,4);2*1H2/q2*-2;;+2;;;;;2*-1. The predicted molar refractivity (Wildman–Crippen MR) is 82.4 cm³/mol. The van der Waals surface area contributed by atoms with Crippen LogP contribution >= 0.6 is 0 Å². The van der Waals surface area contributed by atoms with E-state index in [0.717, 1.165) is 0 Å². The van der Waals surface area contributed by atoms with Crippen LogP contribution in [0.4, 0.5) is 0 Å². The average Bonchev–Trinajstić information content (AvgIpc) is 2.36. The number of hydrogen-bond donors (Lipinski definition) is 4. The van der Waals surface area contributed by atoms with E-state index in [9.17, 15) is 0 Å². The second kappa shape index (κ2) is 74.1. The molecule has 0 amide bonds. The van der Waals surface area contributed by atoms with Gasteiger partial charge in [0.2, 0.25) is 0 Å². The minimum atomic E-state index is -1.50. The monoisotopic (exact) mass is 526 g/mol. The summed E-state index contributed by atoms with van der Waals surface area (Å²) >= 11 is 0. The van der Waals surface area contributed by atoms with Crippen LogP contribution in [0.3, 0.4) is 0 Å². The van der Waals surface area contributed by atoms with Crippen LogP contribution in [0, 0.1) is 40.5 Å². The molecule has 2 radical (unpaired) electrons. The minimum Gasteiger partial charge on any atom is -0.693 e. The molecule has 0 rings (SSSR count). The first-order chi connectivity index (χ1) is 10.8. The molecule has 0 atom stereocenters. The van der Waals surface area contributed by atoms with Crippen molar-refractivity contribution in [3.63, 3.8) is 0 Å². The van der Waals surface area contributed by atoms with E-state index in [-0.39, 0.29) is 72.6 Å². The molecule has 28 heavy (non-hydrogen) atoms. The fourth-order valence-corrected chi connectivity index (χ4v) is 0. The van der Waals surface area contributed by atoms with Gasteiger partial charge in [-0.25, -0.2) is 0 Å². The quantitative estimate of drug-likeness (QED) is 0.228. The van der Waals surface area contributed by atoms with E-state index >= 15 is 0 Å². The third-order valence-corrected chi connectivity index (χ3v) is 0.250. The molecular formula is C4H20Cu2N10O12-4. The number of nitrogens with two attached hydrogens (primary N) is 2. The molecule has 0 fully saturated rings. The third-order valence-electron chi connectivity index (χ3n) is 0.250. The van der Waals surface area contributed by atoms with E-state index in [4.69, 9.17) is 84.2 Å². The predicted octanol–water partition coefficient (Wildman–Crippen LogP) is 2.22. The van der Waals surface area contributed by atoms with Crippen molar-refractivity contribution in [3.05, 3.63) is 75.7 Å². The molecule has 0 aliphatic carbocycles.